The average Bonchev–Trinajstić information content (AvgIpc) is 3.44. The zero-order valence-corrected chi connectivity index (χ0v) is 22.6. The quantitative estimate of drug-likeness (QED) is 0.323. The van der Waals surface area contributed by atoms with E-state index in [0.717, 1.165) is 29.9 Å². The molecule has 0 aliphatic carbocycles. The van der Waals surface area contributed by atoms with Gasteiger partial charge in [0.05, 0.1) is 40.0 Å². The van der Waals surface area contributed by atoms with Crippen molar-refractivity contribution >= 4 is 16.6 Å². The molecule has 39 heavy (non-hydrogen) atoms. The second kappa shape index (κ2) is 11.7. The molecule has 0 saturated carbocycles. The van der Waals surface area contributed by atoms with Crippen LogP contribution >= 0.6 is 0 Å². The number of pyridine rings is 1. The van der Waals surface area contributed by atoms with E-state index >= 15 is 0 Å². The van der Waals surface area contributed by atoms with Crippen LogP contribution in [0.5, 0.6) is 17.2 Å². The van der Waals surface area contributed by atoms with Crippen molar-refractivity contribution in [2.75, 3.05) is 66.1 Å². The standard InChI is InChI=1S/C27H33N7O5/c1-36-14-13-34-26(29-30-31-34)25(33-11-9-32(10-12-33)19-5-7-20(37-2)8-6-19)21-15-18-16-23(38-3)24(39-4)17-22(18)28-27(21)35/h5-8,15-17,25H,9-14H2,1-4H3,(H,28,35)/t25-/m0/s1. The van der Waals surface area contributed by atoms with E-state index in [1.165, 1.54) is 0 Å². The highest BCUT2D eigenvalue weighted by atomic mass is 16.5. The lowest BCUT2D eigenvalue weighted by Gasteiger charge is -2.39. The number of aromatic amines is 1. The van der Waals surface area contributed by atoms with Gasteiger partial charge in [0, 0.05) is 56.0 Å². The molecular formula is C27H33N7O5. The molecule has 0 radical (unpaired) electrons. The number of methoxy groups -OCH3 is 4. The molecule has 1 fully saturated rings. The van der Waals surface area contributed by atoms with Gasteiger partial charge >= 0.3 is 0 Å². The molecule has 0 spiro atoms. The van der Waals surface area contributed by atoms with Crippen LogP contribution in [0.4, 0.5) is 5.69 Å². The summed E-state index contributed by atoms with van der Waals surface area (Å²) in [4.78, 5) is 21.2. The number of fused-ring (bicyclic) bond motifs is 1. The molecule has 0 bridgehead atoms. The largest absolute Gasteiger partial charge is 0.497 e. The number of ether oxygens (including phenoxy) is 4. The number of nitrogens with zero attached hydrogens (tertiary/aromatic N) is 6. The molecule has 0 amide bonds. The summed E-state index contributed by atoms with van der Waals surface area (Å²) in [6.07, 6.45) is 0. The summed E-state index contributed by atoms with van der Waals surface area (Å²) in [7, 11) is 6.45. The van der Waals surface area contributed by atoms with E-state index in [-0.39, 0.29) is 5.56 Å². The van der Waals surface area contributed by atoms with Gasteiger partial charge in [0.1, 0.15) is 11.8 Å². The fourth-order valence-corrected chi connectivity index (χ4v) is 5.03. The number of aromatic nitrogens is 5. The maximum absolute atomic E-state index is 13.6. The molecule has 206 valence electrons. The van der Waals surface area contributed by atoms with Crippen LogP contribution in [-0.2, 0) is 11.3 Å². The summed E-state index contributed by atoms with van der Waals surface area (Å²) in [5.74, 6) is 2.54. The second-order valence-electron chi connectivity index (χ2n) is 9.22. The molecule has 1 saturated heterocycles. The fourth-order valence-electron chi connectivity index (χ4n) is 5.03. The van der Waals surface area contributed by atoms with Crippen molar-refractivity contribution in [2.24, 2.45) is 0 Å². The lowest BCUT2D eigenvalue weighted by Crippen LogP contribution is -2.49. The SMILES string of the molecule is COCCn1nnnc1[C@H](c1cc2cc(OC)c(OC)cc2[nH]c1=O)N1CCN(c2ccc(OC)cc2)CC1. The van der Waals surface area contributed by atoms with E-state index in [4.69, 9.17) is 18.9 Å². The van der Waals surface area contributed by atoms with Crippen molar-refractivity contribution in [1.29, 1.82) is 0 Å². The zero-order chi connectivity index (χ0) is 27.4. The van der Waals surface area contributed by atoms with E-state index in [9.17, 15) is 4.79 Å². The highest BCUT2D eigenvalue weighted by Crippen LogP contribution is 2.34. The van der Waals surface area contributed by atoms with Gasteiger partial charge in [-0.3, -0.25) is 9.69 Å². The summed E-state index contributed by atoms with van der Waals surface area (Å²) < 4.78 is 23.2. The maximum atomic E-state index is 13.6. The predicted molar refractivity (Wildman–Crippen MR) is 146 cm³/mol. The number of nitrogens with one attached hydrogen (secondary N) is 1. The molecule has 1 aliphatic rings. The number of hydrogen-bond acceptors (Lipinski definition) is 10. The van der Waals surface area contributed by atoms with Gasteiger partial charge in [-0.25, -0.2) is 4.68 Å². The third-order valence-electron chi connectivity index (χ3n) is 7.10. The molecule has 2 aromatic heterocycles. The Balaban J connectivity index is 1.52. The molecule has 12 heteroatoms. The molecule has 1 N–H and O–H groups in total. The predicted octanol–water partition coefficient (Wildman–Crippen LogP) is 2.10. The van der Waals surface area contributed by atoms with Crippen LogP contribution in [0.25, 0.3) is 10.9 Å². The number of hydrogen-bond donors (Lipinski definition) is 1. The van der Waals surface area contributed by atoms with Crippen molar-refractivity contribution in [3.8, 4) is 17.2 Å². The smallest absolute Gasteiger partial charge is 0.253 e. The van der Waals surface area contributed by atoms with Crippen LogP contribution in [0.15, 0.2) is 47.3 Å². The normalized spacial score (nSPS) is 14.9. The lowest BCUT2D eigenvalue weighted by atomic mass is 10.0. The number of H-pyrrole nitrogens is 1. The van der Waals surface area contributed by atoms with E-state index in [2.05, 4.69) is 42.4 Å². The Kier molecular flexibility index (Phi) is 7.94. The van der Waals surface area contributed by atoms with Crippen molar-refractivity contribution in [3.63, 3.8) is 0 Å². The minimum absolute atomic E-state index is 0.210. The topological polar surface area (TPSA) is 120 Å². The Bertz CT molecular complexity index is 1460. The number of rotatable bonds is 10. The van der Waals surface area contributed by atoms with Gasteiger partial charge in [0.15, 0.2) is 17.3 Å². The zero-order valence-electron chi connectivity index (χ0n) is 22.6. The van der Waals surface area contributed by atoms with E-state index in [0.29, 0.717) is 54.6 Å². The number of benzene rings is 2. The molecule has 4 aromatic rings. The Morgan fingerprint density at radius 1 is 0.923 bits per heavy atom. The van der Waals surface area contributed by atoms with Gasteiger partial charge in [-0.2, -0.15) is 0 Å². The first-order chi connectivity index (χ1) is 19.1. The summed E-state index contributed by atoms with van der Waals surface area (Å²) in [6, 6.07) is 13.1. The molecule has 5 rings (SSSR count). The first kappa shape index (κ1) is 26.4. The van der Waals surface area contributed by atoms with E-state index < -0.39 is 6.04 Å². The van der Waals surface area contributed by atoms with Gasteiger partial charge in [0.2, 0.25) is 0 Å². The number of tetrazole rings is 1. The minimum Gasteiger partial charge on any atom is -0.497 e. The van der Waals surface area contributed by atoms with E-state index in [1.807, 2.05) is 24.3 Å². The molecule has 1 aliphatic heterocycles. The third kappa shape index (κ3) is 5.38. The average molecular weight is 536 g/mol. The maximum Gasteiger partial charge on any atom is 0.253 e. The molecule has 0 unspecified atom stereocenters. The van der Waals surface area contributed by atoms with Crippen molar-refractivity contribution in [2.45, 2.75) is 12.6 Å². The summed E-state index contributed by atoms with van der Waals surface area (Å²) in [6.45, 7) is 3.88. The highest BCUT2D eigenvalue weighted by Gasteiger charge is 2.33. The van der Waals surface area contributed by atoms with Crippen molar-refractivity contribution in [1.82, 2.24) is 30.1 Å². The second-order valence-corrected chi connectivity index (χ2v) is 9.22. The first-order valence-corrected chi connectivity index (χ1v) is 12.7. The van der Waals surface area contributed by atoms with Gasteiger partial charge < -0.3 is 28.8 Å². The van der Waals surface area contributed by atoms with Crippen LogP contribution in [-0.4, -0.2) is 91.3 Å². The summed E-state index contributed by atoms with van der Waals surface area (Å²) >= 11 is 0. The Morgan fingerprint density at radius 2 is 1.64 bits per heavy atom. The van der Waals surface area contributed by atoms with Crippen molar-refractivity contribution < 1.29 is 18.9 Å². The van der Waals surface area contributed by atoms with E-state index in [1.54, 1.807) is 39.2 Å². The van der Waals surface area contributed by atoms with Crippen molar-refractivity contribution in [3.05, 3.63) is 64.2 Å². The van der Waals surface area contributed by atoms with Crippen LogP contribution < -0.4 is 24.7 Å². The fraction of sp³-hybridized carbons (Fsp3) is 0.407. The van der Waals surface area contributed by atoms with Gasteiger partial charge in [-0.05, 0) is 46.8 Å². The first-order valence-electron chi connectivity index (χ1n) is 12.7. The molecule has 2 aromatic carbocycles. The Morgan fingerprint density at radius 3 is 2.31 bits per heavy atom. The highest BCUT2D eigenvalue weighted by molar-refractivity contribution is 5.83. The van der Waals surface area contributed by atoms with Crippen LogP contribution in [0.2, 0.25) is 0 Å². The monoisotopic (exact) mass is 535 g/mol. The molecular weight excluding hydrogens is 502 g/mol. The van der Waals surface area contributed by atoms with Gasteiger partial charge in [-0.15, -0.1) is 5.10 Å². The van der Waals surface area contributed by atoms with Crippen LogP contribution in [0.1, 0.15) is 17.4 Å². The third-order valence-corrected chi connectivity index (χ3v) is 7.10. The molecule has 3 heterocycles. The summed E-state index contributed by atoms with van der Waals surface area (Å²) in [5.41, 5.74) is 2.13. The number of anilines is 1. The van der Waals surface area contributed by atoms with Gasteiger partial charge in [-0.1, -0.05) is 0 Å². The Labute approximate surface area is 226 Å². The Hall–Kier alpha value is -4.16. The molecule has 12 nitrogen and oxygen atoms in total. The summed E-state index contributed by atoms with van der Waals surface area (Å²) in [5, 5.41) is 13.3. The van der Waals surface area contributed by atoms with Crippen LogP contribution in [0, 0.1) is 0 Å². The minimum atomic E-state index is -0.462. The van der Waals surface area contributed by atoms with Gasteiger partial charge in [0.25, 0.3) is 5.56 Å². The molecule has 1 atom stereocenters. The number of piperazine rings is 1. The lowest BCUT2D eigenvalue weighted by molar-refractivity contribution is 0.171. The van der Waals surface area contributed by atoms with Crippen LogP contribution in [0.3, 0.4) is 0 Å².